The van der Waals surface area contributed by atoms with Crippen molar-refractivity contribution >= 4 is 0 Å². The van der Waals surface area contributed by atoms with Crippen LogP contribution in [-0.2, 0) is 17.3 Å². The number of nitrogens with zero attached hydrogens (tertiary/aromatic N) is 2. The summed E-state index contributed by atoms with van der Waals surface area (Å²) < 4.78 is 53.4. The summed E-state index contributed by atoms with van der Waals surface area (Å²) in [6, 6.07) is 6.35. The fourth-order valence-corrected chi connectivity index (χ4v) is 2.57. The number of aromatic amines is 1. The van der Waals surface area contributed by atoms with Gasteiger partial charge < -0.3 is 9.47 Å². The lowest BCUT2D eigenvalue weighted by molar-refractivity contribution is -0.137. The van der Waals surface area contributed by atoms with Gasteiger partial charge in [-0.15, -0.1) is 0 Å². The molecule has 1 aromatic carbocycles. The van der Waals surface area contributed by atoms with Gasteiger partial charge in [-0.3, -0.25) is 14.5 Å². The highest BCUT2D eigenvalue weighted by atomic mass is 19.4. The van der Waals surface area contributed by atoms with Crippen molar-refractivity contribution in [3.8, 4) is 17.1 Å². The van der Waals surface area contributed by atoms with E-state index in [2.05, 4.69) is 19.6 Å². The molecule has 0 unspecified atom stereocenters. The molecule has 0 saturated heterocycles. The Labute approximate surface area is 157 Å². The summed E-state index contributed by atoms with van der Waals surface area (Å²) in [5, 5.41) is 3.68. The predicted molar refractivity (Wildman–Crippen MR) is 92.0 cm³/mol. The number of hydrogen-bond acceptors (Lipinski definition) is 6. The van der Waals surface area contributed by atoms with Gasteiger partial charge in [0.15, 0.2) is 5.82 Å². The van der Waals surface area contributed by atoms with Crippen LogP contribution in [-0.4, -0.2) is 35.4 Å². The molecule has 7 nitrogen and oxygen atoms in total. The lowest BCUT2D eigenvalue weighted by atomic mass is 10.0. The van der Waals surface area contributed by atoms with Crippen LogP contribution in [0.4, 0.5) is 13.2 Å². The van der Waals surface area contributed by atoms with Gasteiger partial charge in [-0.25, -0.2) is 4.79 Å². The monoisotopic (exact) mass is 395 g/mol. The highest BCUT2D eigenvalue weighted by Gasteiger charge is 2.30. The number of hydrogen-bond donors (Lipinski definition) is 1. The maximum atomic E-state index is 12.7. The first-order chi connectivity index (χ1) is 13.4. The molecule has 0 amide bonds. The van der Waals surface area contributed by atoms with Crippen molar-refractivity contribution in [3.05, 3.63) is 63.9 Å². The van der Waals surface area contributed by atoms with Gasteiger partial charge in [0.25, 0.3) is 0 Å². The predicted octanol–water partition coefficient (Wildman–Crippen LogP) is 3.06. The summed E-state index contributed by atoms with van der Waals surface area (Å²) in [5.74, 6) is -0.242. The van der Waals surface area contributed by atoms with E-state index in [1.165, 1.54) is 25.4 Å². The third-order valence-electron chi connectivity index (χ3n) is 3.87. The number of ether oxygens (including phenoxy) is 2. The van der Waals surface area contributed by atoms with Crippen LogP contribution in [0.5, 0.6) is 5.75 Å². The number of halogens is 3. The zero-order chi connectivity index (χ0) is 20.1. The second-order valence-corrected chi connectivity index (χ2v) is 5.79. The summed E-state index contributed by atoms with van der Waals surface area (Å²) in [7, 11) is 1.53. The van der Waals surface area contributed by atoms with Crippen molar-refractivity contribution in [2.75, 3.05) is 20.3 Å². The van der Waals surface area contributed by atoms with Crippen LogP contribution in [0, 0.1) is 0 Å². The fourth-order valence-electron chi connectivity index (χ4n) is 2.57. The molecule has 1 N–H and O–H groups in total. The second-order valence-electron chi connectivity index (χ2n) is 5.79. The Hall–Kier alpha value is -3.14. The maximum Gasteiger partial charge on any atom is 0.439 e. The summed E-state index contributed by atoms with van der Waals surface area (Å²) in [6.45, 7) is 0.584. The minimum atomic E-state index is -4.41. The van der Waals surface area contributed by atoms with E-state index in [1.807, 2.05) is 0 Å². The molecule has 148 valence electrons. The third-order valence-corrected chi connectivity index (χ3v) is 3.87. The van der Waals surface area contributed by atoms with Crippen molar-refractivity contribution in [3.63, 3.8) is 0 Å². The molecule has 0 fully saturated rings. The molecule has 0 radical (unpaired) electrons. The SMILES string of the molecule is COCCOc1ccnc(Cc2ccc(C(F)(F)F)cc2)c1-c1noc(=O)[nH]1. The second kappa shape index (κ2) is 8.26. The number of pyridine rings is 1. The van der Waals surface area contributed by atoms with E-state index in [0.717, 1.165) is 12.1 Å². The molecule has 2 aromatic heterocycles. The van der Waals surface area contributed by atoms with Crippen LogP contribution in [0.2, 0.25) is 0 Å². The first kappa shape index (κ1) is 19.6. The van der Waals surface area contributed by atoms with Gasteiger partial charge in [-0.2, -0.15) is 13.2 Å². The number of H-pyrrole nitrogens is 1. The molecule has 0 aliphatic carbocycles. The minimum absolute atomic E-state index is 0.118. The van der Waals surface area contributed by atoms with Crippen molar-refractivity contribution in [1.82, 2.24) is 15.1 Å². The molecular weight excluding hydrogens is 379 g/mol. The largest absolute Gasteiger partial charge is 0.490 e. The Morgan fingerprint density at radius 3 is 2.50 bits per heavy atom. The Bertz CT molecular complexity index is 981. The van der Waals surface area contributed by atoms with Crippen molar-refractivity contribution in [1.29, 1.82) is 0 Å². The van der Waals surface area contributed by atoms with Gasteiger partial charge in [0.2, 0.25) is 0 Å². The van der Waals surface area contributed by atoms with Crippen LogP contribution in [0.3, 0.4) is 0 Å². The van der Waals surface area contributed by atoms with Gasteiger partial charge in [0.1, 0.15) is 12.4 Å². The third kappa shape index (κ3) is 4.58. The van der Waals surface area contributed by atoms with E-state index in [4.69, 9.17) is 9.47 Å². The number of rotatable bonds is 7. The van der Waals surface area contributed by atoms with Crippen LogP contribution in [0.1, 0.15) is 16.8 Å². The highest BCUT2D eigenvalue weighted by Crippen LogP contribution is 2.32. The number of aromatic nitrogens is 3. The number of alkyl halides is 3. The van der Waals surface area contributed by atoms with Crippen molar-refractivity contribution in [2.24, 2.45) is 0 Å². The average Bonchev–Trinajstić information content (AvgIpc) is 3.08. The zero-order valence-electron chi connectivity index (χ0n) is 14.7. The molecule has 0 saturated carbocycles. The van der Waals surface area contributed by atoms with Crippen LogP contribution in [0.15, 0.2) is 45.8 Å². The summed E-state index contributed by atoms with van der Waals surface area (Å²) in [6.07, 6.45) is -2.70. The topological polar surface area (TPSA) is 90.2 Å². The van der Waals surface area contributed by atoms with Gasteiger partial charge in [0.05, 0.1) is 23.4 Å². The van der Waals surface area contributed by atoms with Gasteiger partial charge >= 0.3 is 11.9 Å². The molecule has 3 aromatic rings. The summed E-state index contributed by atoms with van der Waals surface area (Å²) in [5.41, 5.74) is 0.715. The van der Waals surface area contributed by atoms with Crippen molar-refractivity contribution in [2.45, 2.75) is 12.6 Å². The quantitative estimate of drug-likeness (QED) is 0.619. The first-order valence-electron chi connectivity index (χ1n) is 8.20. The van der Waals surface area contributed by atoms with Gasteiger partial charge in [-0.1, -0.05) is 17.3 Å². The van der Waals surface area contributed by atoms with E-state index in [-0.39, 0.29) is 18.9 Å². The normalized spacial score (nSPS) is 11.6. The molecular formula is C18H16F3N3O4. The summed E-state index contributed by atoms with van der Waals surface area (Å²) in [4.78, 5) is 18.1. The van der Waals surface area contributed by atoms with E-state index >= 15 is 0 Å². The smallest absolute Gasteiger partial charge is 0.439 e. The average molecular weight is 395 g/mol. The Morgan fingerprint density at radius 1 is 1.14 bits per heavy atom. The molecule has 0 spiro atoms. The molecule has 0 aliphatic heterocycles. The lowest BCUT2D eigenvalue weighted by Gasteiger charge is -2.13. The van der Waals surface area contributed by atoms with Crippen LogP contribution >= 0.6 is 0 Å². The first-order valence-corrected chi connectivity index (χ1v) is 8.20. The molecule has 3 rings (SSSR count). The standard InChI is InChI=1S/C18H16F3N3O4/c1-26-8-9-27-14-6-7-22-13(15(14)16-23-17(25)28-24-16)10-11-2-4-12(5-3-11)18(19,20)21/h2-7H,8-10H2,1H3,(H,23,24,25). The molecule has 28 heavy (non-hydrogen) atoms. The lowest BCUT2D eigenvalue weighted by Crippen LogP contribution is -2.08. The number of benzene rings is 1. The molecule has 2 heterocycles. The number of methoxy groups -OCH3 is 1. The Balaban J connectivity index is 1.95. The van der Waals surface area contributed by atoms with Gasteiger partial charge in [-0.05, 0) is 23.8 Å². The van der Waals surface area contributed by atoms with E-state index < -0.39 is 17.5 Å². The molecule has 0 atom stereocenters. The number of nitrogens with one attached hydrogen (secondary N) is 1. The van der Waals surface area contributed by atoms with Crippen LogP contribution in [0.25, 0.3) is 11.4 Å². The minimum Gasteiger partial charge on any atom is -0.490 e. The Morgan fingerprint density at radius 2 is 1.89 bits per heavy atom. The van der Waals surface area contributed by atoms with Gasteiger partial charge in [0, 0.05) is 19.7 Å². The van der Waals surface area contributed by atoms with E-state index in [1.54, 1.807) is 6.07 Å². The van der Waals surface area contributed by atoms with E-state index in [0.29, 0.717) is 29.2 Å². The molecule has 0 bridgehead atoms. The Kier molecular flexibility index (Phi) is 5.78. The fraction of sp³-hybridized carbons (Fsp3) is 0.278. The van der Waals surface area contributed by atoms with E-state index in [9.17, 15) is 18.0 Å². The highest BCUT2D eigenvalue weighted by molar-refractivity contribution is 5.66. The van der Waals surface area contributed by atoms with Crippen LogP contribution < -0.4 is 10.5 Å². The maximum absolute atomic E-state index is 12.7. The summed E-state index contributed by atoms with van der Waals surface area (Å²) >= 11 is 0. The molecule has 0 aliphatic rings. The van der Waals surface area contributed by atoms with Crippen molar-refractivity contribution < 1.29 is 27.2 Å². The molecule has 10 heteroatoms. The zero-order valence-corrected chi connectivity index (χ0v) is 14.7.